The fourth-order valence-corrected chi connectivity index (χ4v) is 1.97. The molecule has 2 rings (SSSR count). The highest BCUT2D eigenvalue weighted by molar-refractivity contribution is 6.32. The van der Waals surface area contributed by atoms with E-state index < -0.39 is 17.4 Å². The first-order valence-corrected chi connectivity index (χ1v) is 7.57. The SMILES string of the molecule is CCC(C)(NC(=O)c1cnc(OCC2CC2)c(Cl)c1)C(=O)O. The van der Waals surface area contributed by atoms with Crippen LogP contribution in [0.15, 0.2) is 12.3 Å². The van der Waals surface area contributed by atoms with Crippen LogP contribution >= 0.6 is 11.6 Å². The van der Waals surface area contributed by atoms with Crippen LogP contribution in [0.3, 0.4) is 0 Å². The number of halogens is 1. The number of carbonyl (C=O) groups is 2. The molecule has 1 amide bonds. The minimum atomic E-state index is -1.33. The maximum atomic E-state index is 12.1. The number of amides is 1. The van der Waals surface area contributed by atoms with Gasteiger partial charge in [-0.15, -0.1) is 0 Å². The third-order valence-corrected chi connectivity index (χ3v) is 4.06. The number of hydrogen-bond acceptors (Lipinski definition) is 4. The third-order valence-electron chi connectivity index (χ3n) is 3.79. The number of carbonyl (C=O) groups excluding carboxylic acids is 1. The first-order chi connectivity index (χ1) is 10.4. The number of nitrogens with one attached hydrogen (secondary N) is 1. The molecule has 0 spiro atoms. The first kappa shape index (κ1) is 16.5. The van der Waals surface area contributed by atoms with Gasteiger partial charge in [0.15, 0.2) is 0 Å². The van der Waals surface area contributed by atoms with Gasteiger partial charge in [0, 0.05) is 6.20 Å². The summed E-state index contributed by atoms with van der Waals surface area (Å²) in [5.74, 6) is -0.759. The molecule has 1 saturated carbocycles. The largest absolute Gasteiger partial charge is 0.480 e. The molecule has 1 aromatic rings. The van der Waals surface area contributed by atoms with Gasteiger partial charge < -0.3 is 15.2 Å². The number of ether oxygens (including phenoxy) is 1. The van der Waals surface area contributed by atoms with Gasteiger partial charge in [-0.2, -0.15) is 0 Å². The van der Waals surface area contributed by atoms with E-state index in [0.717, 1.165) is 12.8 Å². The quantitative estimate of drug-likeness (QED) is 0.803. The van der Waals surface area contributed by atoms with Crippen LogP contribution in [0.25, 0.3) is 0 Å². The Balaban J connectivity index is 2.06. The summed E-state index contributed by atoms with van der Waals surface area (Å²) in [5.41, 5.74) is -1.13. The van der Waals surface area contributed by atoms with Crippen LogP contribution in [-0.4, -0.2) is 34.1 Å². The molecule has 1 aliphatic rings. The summed E-state index contributed by atoms with van der Waals surface area (Å²) in [7, 11) is 0. The molecule has 7 heteroatoms. The summed E-state index contributed by atoms with van der Waals surface area (Å²) in [5, 5.41) is 11.9. The van der Waals surface area contributed by atoms with E-state index in [1.807, 2.05) is 0 Å². The van der Waals surface area contributed by atoms with Crippen molar-refractivity contribution in [1.29, 1.82) is 0 Å². The number of rotatable bonds is 7. The lowest BCUT2D eigenvalue weighted by atomic mass is 9.99. The van der Waals surface area contributed by atoms with Crippen molar-refractivity contribution in [1.82, 2.24) is 10.3 Å². The molecule has 22 heavy (non-hydrogen) atoms. The van der Waals surface area contributed by atoms with Gasteiger partial charge in [-0.3, -0.25) is 4.79 Å². The second-order valence-electron chi connectivity index (χ2n) is 5.71. The predicted octanol–water partition coefficient (Wildman–Crippen LogP) is 2.51. The highest BCUT2D eigenvalue weighted by atomic mass is 35.5. The number of nitrogens with zero attached hydrogens (tertiary/aromatic N) is 1. The zero-order valence-corrected chi connectivity index (χ0v) is 13.3. The van der Waals surface area contributed by atoms with Crippen LogP contribution in [0.2, 0.25) is 5.02 Å². The smallest absolute Gasteiger partial charge is 0.329 e. The van der Waals surface area contributed by atoms with E-state index in [0.29, 0.717) is 18.4 Å². The minimum absolute atomic E-state index is 0.199. The standard InChI is InChI=1S/C15H19ClN2O4/c1-3-15(2,14(20)21)18-12(19)10-6-11(16)13(17-7-10)22-8-9-4-5-9/h6-7,9H,3-5,8H2,1-2H3,(H,18,19)(H,20,21). The summed E-state index contributed by atoms with van der Waals surface area (Å²) in [6.07, 6.45) is 3.91. The fraction of sp³-hybridized carbons (Fsp3) is 0.533. The summed E-state index contributed by atoms with van der Waals surface area (Å²) in [6.45, 7) is 3.72. The zero-order chi connectivity index (χ0) is 16.3. The Morgan fingerprint density at radius 2 is 2.23 bits per heavy atom. The highest BCUT2D eigenvalue weighted by Crippen LogP contribution is 2.31. The summed E-state index contributed by atoms with van der Waals surface area (Å²) < 4.78 is 5.49. The summed E-state index contributed by atoms with van der Waals surface area (Å²) in [6, 6.07) is 1.43. The Labute approximate surface area is 133 Å². The van der Waals surface area contributed by atoms with Crippen LogP contribution in [0, 0.1) is 5.92 Å². The average Bonchev–Trinajstić information content (AvgIpc) is 3.29. The molecule has 0 bridgehead atoms. The second kappa shape index (κ2) is 6.52. The lowest BCUT2D eigenvalue weighted by Gasteiger charge is -2.24. The van der Waals surface area contributed by atoms with Crippen molar-refractivity contribution in [2.75, 3.05) is 6.61 Å². The lowest BCUT2D eigenvalue weighted by Crippen LogP contribution is -2.51. The van der Waals surface area contributed by atoms with Crippen molar-refractivity contribution in [3.63, 3.8) is 0 Å². The Morgan fingerprint density at radius 1 is 1.55 bits per heavy atom. The van der Waals surface area contributed by atoms with Crippen molar-refractivity contribution < 1.29 is 19.4 Å². The van der Waals surface area contributed by atoms with Crippen LogP contribution in [0.1, 0.15) is 43.5 Å². The lowest BCUT2D eigenvalue weighted by molar-refractivity contribution is -0.143. The van der Waals surface area contributed by atoms with Gasteiger partial charge in [-0.05, 0) is 38.2 Å². The molecule has 0 aromatic carbocycles. The molecule has 0 radical (unpaired) electrons. The monoisotopic (exact) mass is 326 g/mol. The maximum Gasteiger partial charge on any atom is 0.329 e. The second-order valence-corrected chi connectivity index (χ2v) is 6.12. The van der Waals surface area contributed by atoms with Gasteiger partial charge in [0.05, 0.1) is 12.2 Å². The van der Waals surface area contributed by atoms with Gasteiger partial charge in [0.1, 0.15) is 10.6 Å². The van der Waals surface area contributed by atoms with E-state index in [1.54, 1.807) is 6.92 Å². The maximum absolute atomic E-state index is 12.1. The predicted molar refractivity (Wildman–Crippen MR) is 81.3 cm³/mol. The molecule has 2 N–H and O–H groups in total. The van der Waals surface area contributed by atoms with E-state index in [1.165, 1.54) is 19.2 Å². The minimum Gasteiger partial charge on any atom is -0.480 e. The molecular formula is C15H19ClN2O4. The number of carboxylic acids is 1. The molecule has 1 heterocycles. The molecule has 0 saturated heterocycles. The molecule has 0 aliphatic heterocycles. The molecule has 120 valence electrons. The Kier molecular flexibility index (Phi) is 4.90. The van der Waals surface area contributed by atoms with Crippen LogP contribution < -0.4 is 10.1 Å². The summed E-state index contributed by atoms with van der Waals surface area (Å²) in [4.78, 5) is 27.4. The van der Waals surface area contributed by atoms with Gasteiger partial charge in [-0.25, -0.2) is 9.78 Å². The Hall–Kier alpha value is -1.82. The Bertz CT molecular complexity index is 589. The molecule has 1 atom stereocenters. The van der Waals surface area contributed by atoms with Crippen LogP contribution in [0.4, 0.5) is 0 Å². The number of aliphatic carboxylic acids is 1. The average molecular weight is 327 g/mol. The van der Waals surface area contributed by atoms with Crippen molar-refractivity contribution in [3.8, 4) is 5.88 Å². The van der Waals surface area contributed by atoms with Crippen molar-refractivity contribution in [2.24, 2.45) is 5.92 Å². The fourth-order valence-electron chi connectivity index (χ4n) is 1.75. The van der Waals surface area contributed by atoms with Gasteiger partial charge in [0.25, 0.3) is 5.91 Å². The van der Waals surface area contributed by atoms with E-state index in [4.69, 9.17) is 16.3 Å². The topological polar surface area (TPSA) is 88.5 Å². The zero-order valence-electron chi connectivity index (χ0n) is 12.6. The Morgan fingerprint density at radius 3 is 2.73 bits per heavy atom. The number of aromatic nitrogens is 1. The van der Waals surface area contributed by atoms with Crippen molar-refractivity contribution in [3.05, 3.63) is 22.8 Å². The van der Waals surface area contributed by atoms with E-state index in [9.17, 15) is 14.7 Å². The van der Waals surface area contributed by atoms with Gasteiger partial charge >= 0.3 is 5.97 Å². The molecule has 1 fully saturated rings. The third kappa shape index (κ3) is 3.88. The number of carboxylic acid groups (broad SMARTS) is 1. The van der Waals surface area contributed by atoms with E-state index in [2.05, 4.69) is 10.3 Å². The normalized spacial score (nSPS) is 16.7. The molecule has 1 aromatic heterocycles. The van der Waals surface area contributed by atoms with E-state index >= 15 is 0 Å². The van der Waals surface area contributed by atoms with Crippen LogP contribution in [-0.2, 0) is 4.79 Å². The molecule has 6 nitrogen and oxygen atoms in total. The molecular weight excluding hydrogens is 308 g/mol. The van der Waals surface area contributed by atoms with E-state index in [-0.39, 0.29) is 17.0 Å². The summed E-state index contributed by atoms with van der Waals surface area (Å²) >= 11 is 6.06. The number of pyridine rings is 1. The van der Waals surface area contributed by atoms with Crippen LogP contribution in [0.5, 0.6) is 5.88 Å². The van der Waals surface area contributed by atoms with Crippen molar-refractivity contribution in [2.45, 2.75) is 38.6 Å². The van der Waals surface area contributed by atoms with Gasteiger partial charge in [0.2, 0.25) is 5.88 Å². The number of hydrogen-bond donors (Lipinski definition) is 2. The van der Waals surface area contributed by atoms with Crippen molar-refractivity contribution >= 4 is 23.5 Å². The first-order valence-electron chi connectivity index (χ1n) is 7.20. The highest BCUT2D eigenvalue weighted by Gasteiger charge is 2.33. The molecule has 1 unspecified atom stereocenters. The van der Waals surface area contributed by atoms with Gasteiger partial charge in [-0.1, -0.05) is 18.5 Å². The molecule has 1 aliphatic carbocycles.